The highest BCUT2D eigenvalue weighted by Gasteiger charge is 2.29. The maximum atomic E-state index is 11.1. The van der Waals surface area contributed by atoms with E-state index in [1.165, 1.54) is 25.0 Å². The lowest BCUT2D eigenvalue weighted by Crippen LogP contribution is -2.55. The SMILES string of the molecule is CCCCCc1cccc[n+]1C(C)(C)C=O. The molecule has 0 radical (unpaired) electrons. The molecule has 0 amide bonds. The first-order valence-electron chi connectivity index (χ1n) is 6.08. The van der Waals surface area contributed by atoms with Crippen LogP contribution in [-0.2, 0) is 16.8 Å². The van der Waals surface area contributed by atoms with Crippen LogP contribution in [0.5, 0.6) is 0 Å². The van der Waals surface area contributed by atoms with Crippen molar-refractivity contribution in [2.45, 2.75) is 52.0 Å². The Balaban J connectivity index is 2.87. The van der Waals surface area contributed by atoms with Gasteiger partial charge >= 0.3 is 0 Å². The number of aromatic nitrogens is 1. The Morgan fingerprint density at radius 2 is 2.06 bits per heavy atom. The van der Waals surface area contributed by atoms with Crippen molar-refractivity contribution >= 4 is 6.29 Å². The predicted molar refractivity (Wildman–Crippen MR) is 65.3 cm³/mol. The van der Waals surface area contributed by atoms with Crippen LogP contribution in [0.3, 0.4) is 0 Å². The van der Waals surface area contributed by atoms with Crippen LogP contribution in [-0.4, -0.2) is 6.29 Å². The van der Waals surface area contributed by atoms with Gasteiger partial charge in [0.25, 0.3) is 0 Å². The van der Waals surface area contributed by atoms with E-state index < -0.39 is 5.54 Å². The number of hydrogen-bond donors (Lipinski definition) is 0. The average Bonchev–Trinajstić information content (AvgIpc) is 2.30. The number of hydrogen-bond acceptors (Lipinski definition) is 1. The fourth-order valence-corrected chi connectivity index (χ4v) is 1.86. The van der Waals surface area contributed by atoms with Crippen LogP contribution in [0.15, 0.2) is 24.4 Å². The molecule has 0 bridgehead atoms. The van der Waals surface area contributed by atoms with Gasteiger partial charge in [-0.2, -0.15) is 4.57 Å². The summed E-state index contributed by atoms with van der Waals surface area (Å²) in [6.45, 7) is 6.10. The summed E-state index contributed by atoms with van der Waals surface area (Å²) in [5.74, 6) is 0. The lowest BCUT2D eigenvalue weighted by atomic mass is 10.0. The largest absolute Gasteiger partial charge is 0.296 e. The van der Waals surface area contributed by atoms with Gasteiger partial charge in [0.05, 0.1) is 0 Å². The van der Waals surface area contributed by atoms with E-state index >= 15 is 0 Å². The monoisotopic (exact) mass is 220 g/mol. The van der Waals surface area contributed by atoms with E-state index in [0.717, 1.165) is 12.7 Å². The van der Waals surface area contributed by atoms with Gasteiger partial charge in [0.1, 0.15) is 0 Å². The van der Waals surface area contributed by atoms with Crippen LogP contribution in [0, 0.1) is 0 Å². The van der Waals surface area contributed by atoms with Gasteiger partial charge in [-0.15, -0.1) is 0 Å². The fraction of sp³-hybridized carbons (Fsp3) is 0.571. The van der Waals surface area contributed by atoms with Crippen molar-refractivity contribution in [3.05, 3.63) is 30.1 Å². The van der Waals surface area contributed by atoms with Gasteiger partial charge in [-0.3, -0.25) is 4.79 Å². The van der Waals surface area contributed by atoms with Gasteiger partial charge in [-0.1, -0.05) is 25.8 Å². The third-order valence-corrected chi connectivity index (χ3v) is 2.89. The van der Waals surface area contributed by atoms with Crippen LogP contribution in [0.2, 0.25) is 0 Å². The van der Waals surface area contributed by atoms with Crippen molar-refractivity contribution in [2.75, 3.05) is 0 Å². The third-order valence-electron chi connectivity index (χ3n) is 2.89. The summed E-state index contributed by atoms with van der Waals surface area (Å²) >= 11 is 0. The molecule has 0 aliphatic heterocycles. The molecule has 88 valence electrons. The van der Waals surface area contributed by atoms with E-state index in [0.29, 0.717) is 0 Å². The van der Waals surface area contributed by atoms with Crippen molar-refractivity contribution < 1.29 is 9.36 Å². The fourth-order valence-electron chi connectivity index (χ4n) is 1.86. The van der Waals surface area contributed by atoms with Gasteiger partial charge in [0.15, 0.2) is 18.2 Å². The highest BCUT2D eigenvalue weighted by Crippen LogP contribution is 2.08. The minimum Gasteiger partial charge on any atom is -0.296 e. The van der Waals surface area contributed by atoms with E-state index in [-0.39, 0.29) is 0 Å². The highest BCUT2D eigenvalue weighted by molar-refractivity contribution is 5.57. The predicted octanol–water partition coefficient (Wildman–Crippen LogP) is 2.64. The number of pyridine rings is 1. The Labute approximate surface area is 98.3 Å². The molecule has 0 aliphatic carbocycles. The number of aryl methyl sites for hydroxylation is 1. The van der Waals surface area contributed by atoms with Crippen LogP contribution in [0.4, 0.5) is 0 Å². The van der Waals surface area contributed by atoms with E-state index in [4.69, 9.17) is 0 Å². The molecule has 1 rings (SSSR count). The minimum atomic E-state index is -0.442. The molecule has 2 nitrogen and oxygen atoms in total. The standard InChI is InChI=1S/C14H22NO/c1-4-5-6-9-13-10-7-8-11-15(13)14(2,3)12-16/h7-8,10-12H,4-6,9H2,1-3H3/q+1. The number of rotatable bonds is 6. The summed E-state index contributed by atoms with van der Waals surface area (Å²) in [5.41, 5.74) is 0.802. The van der Waals surface area contributed by atoms with Crippen molar-refractivity contribution in [3.8, 4) is 0 Å². The second-order valence-corrected chi connectivity index (χ2v) is 4.79. The number of unbranched alkanes of at least 4 members (excludes halogenated alkanes) is 2. The zero-order chi connectivity index (χ0) is 12.0. The van der Waals surface area contributed by atoms with E-state index in [1.54, 1.807) is 0 Å². The first kappa shape index (κ1) is 12.9. The van der Waals surface area contributed by atoms with Gasteiger partial charge in [0.2, 0.25) is 5.54 Å². The number of carbonyl (C=O) groups excluding carboxylic acids is 1. The van der Waals surface area contributed by atoms with Crippen LogP contribution in [0.25, 0.3) is 0 Å². The smallest absolute Gasteiger partial charge is 0.217 e. The number of aldehydes is 1. The molecular weight excluding hydrogens is 198 g/mol. The molecule has 0 N–H and O–H groups in total. The summed E-state index contributed by atoms with van der Waals surface area (Å²) in [6, 6.07) is 6.13. The zero-order valence-corrected chi connectivity index (χ0v) is 10.6. The number of nitrogens with zero attached hydrogens (tertiary/aromatic N) is 1. The summed E-state index contributed by atoms with van der Waals surface area (Å²) in [5, 5.41) is 0. The zero-order valence-electron chi connectivity index (χ0n) is 10.6. The molecule has 2 heteroatoms. The molecule has 0 aromatic carbocycles. The second-order valence-electron chi connectivity index (χ2n) is 4.79. The molecule has 0 saturated carbocycles. The second kappa shape index (κ2) is 5.78. The third kappa shape index (κ3) is 3.16. The lowest BCUT2D eigenvalue weighted by molar-refractivity contribution is -0.746. The quantitative estimate of drug-likeness (QED) is 0.410. The Morgan fingerprint density at radius 1 is 1.31 bits per heavy atom. The van der Waals surface area contributed by atoms with Gasteiger partial charge in [0, 0.05) is 32.4 Å². The Kier molecular flexibility index (Phi) is 4.66. The van der Waals surface area contributed by atoms with Crippen molar-refractivity contribution in [1.29, 1.82) is 0 Å². The van der Waals surface area contributed by atoms with Crippen molar-refractivity contribution in [2.24, 2.45) is 0 Å². The van der Waals surface area contributed by atoms with E-state index in [2.05, 4.69) is 17.6 Å². The first-order valence-corrected chi connectivity index (χ1v) is 6.08. The molecule has 0 fully saturated rings. The average molecular weight is 220 g/mol. The Morgan fingerprint density at radius 3 is 2.69 bits per heavy atom. The maximum absolute atomic E-state index is 11.1. The van der Waals surface area contributed by atoms with Crippen LogP contribution < -0.4 is 4.57 Å². The molecule has 0 spiro atoms. The molecule has 1 aromatic rings. The summed E-state index contributed by atoms with van der Waals surface area (Å²) in [6.07, 6.45) is 7.72. The summed E-state index contributed by atoms with van der Waals surface area (Å²) < 4.78 is 2.08. The van der Waals surface area contributed by atoms with E-state index in [9.17, 15) is 4.79 Å². The van der Waals surface area contributed by atoms with Gasteiger partial charge in [-0.25, -0.2) is 0 Å². The molecule has 16 heavy (non-hydrogen) atoms. The number of carbonyl (C=O) groups is 1. The minimum absolute atomic E-state index is 0.442. The van der Waals surface area contributed by atoms with Gasteiger partial charge < -0.3 is 0 Å². The molecule has 1 aromatic heterocycles. The van der Waals surface area contributed by atoms with Crippen molar-refractivity contribution in [3.63, 3.8) is 0 Å². The highest BCUT2D eigenvalue weighted by atomic mass is 16.1. The molecule has 1 heterocycles. The Bertz CT molecular complexity index is 344. The van der Waals surface area contributed by atoms with Gasteiger partial charge in [-0.05, 0) is 6.42 Å². The van der Waals surface area contributed by atoms with Crippen LogP contribution >= 0.6 is 0 Å². The molecule has 0 aliphatic rings. The normalized spacial score (nSPS) is 11.4. The molecule has 0 saturated heterocycles. The summed E-state index contributed by atoms with van der Waals surface area (Å²) in [7, 11) is 0. The van der Waals surface area contributed by atoms with Crippen molar-refractivity contribution in [1.82, 2.24) is 0 Å². The lowest BCUT2D eigenvalue weighted by Gasteiger charge is -2.14. The summed E-state index contributed by atoms with van der Waals surface area (Å²) in [4.78, 5) is 11.1. The topological polar surface area (TPSA) is 20.9 Å². The maximum Gasteiger partial charge on any atom is 0.217 e. The first-order chi connectivity index (χ1) is 7.61. The molecular formula is C14H22NO+. The molecule has 0 atom stereocenters. The molecule has 0 unspecified atom stereocenters. The van der Waals surface area contributed by atoms with E-state index in [1.807, 2.05) is 32.2 Å². The Hall–Kier alpha value is -1.18. The van der Waals surface area contributed by atoms with Crippen LogP contribution in [0.1, 0.15) is 45.7 Å².